The maximum absolute atomic E-state index is 14.1. The van der Waals surface area contributed by atoms with Gasteiger partial charge in [0, 0.05) is 32.6 Å². The van der Waals surface area contributed by atoms with E-state index in [9.17, 15) is 18.0 Å². The molecule has 0 unspecified atom stereocenters. The number of anilines is 1. The van der Waals surface area contributed by atoms with E-state index in [1.807, 2.05) is 12.1 Å². The number of allylic oxidation sites excluding steroid dienone is 4. The second-order valence-corrected chi connectivity index (χ2v) is 12.1. The summed E-state index contributed by atoms with van der Waals surface area (Å²) in [6.07, 6.45) is 5.85. The minimum atomic E-state index is -3.84. The van der Waals surface area contributed by atoms with Gasteiger partial charge in [-0.3, -0.25) is 18.7 Å². The lowest BCUT2D eigenvalue weighted by molar-refractivity contribution is 0.0568. The van der Waals surface area contributed by atoms with Crippen LogP contribution in [0.3, 0.4) is 0 Å². The number of hydrogen-bond acceptors (Lipinski definition) is 9. The van der Waals surface area contributed by atoms with Crippen LogP contribution < -0.4 is 14.4 Å². The zero-order valence-electron chi connectivity index (χ0n) is 24.2. The molecule has 10 nitrogen and oxygen atoms in total. The van der Waals surface area contributed by atoms with Crippen LogP contribution in [0.5, 0.6) is 11.5 Å². The lowest BCUT2D eigenvalue weighted by Crippen LogP contribution is -2.46. The molecule has 2 amide bonds. The molecule has 1 saturated heterocycles. The first kappa shape index (κ1) is 29.8. The van der Waals surface area contributed by atoms with Crippen molar-refractivity contribution in [2.75, 3.05) is 58.5 Å². The molecule has 0 saturated carbocycles. The van der Waals surface area contributed by atoms with E-state index >= 15 is 0 Å². The van der Waals surface area contributed by atoms with Crippen molar-refractivity contribution >= 4 is 27.6 Å². The lowest BCUT2D eigenvalue weighted by Gasteiger charge is -2.36. The van der Waals surface area contributed by atoms with E-state index in [1.54, 1.807) is 36.4 Å². The average molecular weight is 596 g/mol. The Labute approximate surface area is 247 Å². The van der Waals surface area contributed by atoms with Crippen LogP contribution in [-0.4, -0.2) is 83.6 Å². The van der Waals surface area contributed by atoms with E-state index in [-0.39, 0.29) is 36.2 Å². The predicted molar refractivity (Wildman–Crippen MR) is 160 cm³/mol. The van der Waals surface area contributed by atoms with Crippen LogP contribution in [0.15, 0.2) is 59.5 Å². The number of imide groups is 1. The highest BCUT2D eigenvalue weighted by molar-refractivity contribution is 7.90. The van der Waals surface area contributed by atoms with Gasteiger partial charge in [0.1, 0.15) is 0 Å². The third-order valence-corrected chi connectivity index (χ3v) is 9.53. The lowest BCUT2D eigenvalue weighted by atomic mass is 9.99. The molecule has 224 valence electrons. The van der Waals surface area contributed by atoms with Gasteiger partial charge in [-0.1, -0.05) is 31.2 Å². The first-order valence-electron chi connectivity index (χ1n) is 14.2. The standard InChI is InChI=1S/C31H37N3O7S/c1-4-32-16-18-33(19-17-32)26-12-7-11-24-29(26)31(36)34(30(24)35)25(22-14-15-27(39-2)28(21-22)40-3)13-8-20-41-42(37,38)23-9-5-6-10-23/h5-7,9,11-12,14-15,21,25H,4,8,10,13,16-20H2,1-3H3/t25-/m1/s1. The van der Waals surface area contributed by atoms with Gasteiger partial charge in [0.05, 0.1) is 48.6 Å². The van der Waals surface area contributed by atoms with Crippen molar-refractivity contribution in [3.63, 3.8) is 0 Å². The minimum Gasteiger partial charge on any atom is -0.493 e. The Kier molecular flexibility index (Phi) is 9.00. The van der Waals surface area contributed by atoms with E-state index in [2.05, 4.69) is 16.7 Å². The third-order valence-electron chi connectivity index (χ3n) is 8.11. The van der Waals surface area contributed by atoms with Gasteiger partial charge in [-0.05, 0) is 55.3 Å². The van der Waals surface area contributed by atoms with Crippen LogP contribution in [0.2, 0.25) is 0 Å². The highest BCUT2D eigenvalue weighted by atomic mass is 32.2. The summed E-state index contributed by atoms with van der Waals surface area (Å²) < 4.78 is 41.3. The maximum atomic E-state index is 14.1. The Balaban J connectivity index is 1.42. The zero-order valence-corrected chi connectivity index (χ0v) is 25.1. The van der Waals surface area contributed by atoms with Crippen molar-refractivity contribution in [1.82, 2.24) is 9.80 Å². The number of likely N-dealkylation sites (N-methyl/N-ethyl adjacent to an activating group) is 1. The van der Waals surface area contributed by atoms with E-state index in [4.69, 9.17) is 13.7 Å². The Morgan fingerprint density at radius 2 is 1.71 bits per heavy atom. The Bertz CT molecular complexity index is 1510. The number of methoxy groups -OCH3 is 2. The second-order valence-electron chi connectivity index (χ2n) is 10.4. The van der Waals surface area contributed by atoms with Gasteiger partial charge in [0.2, 0.25) is 0 Å². The van der Waals surface area contributed by atoms with Crippen LogP contribution >= 0.6 is 0 Å². The zero-order chi connectivity index (χ0) is 29.9. The van der Waals surface area contributed by atoms with Crippen molar-refractivity contribution in [1.29, 1.82) is 0 Å². The summed E-state index contributed by atoms with van der Waals surface area (Å²) in [4.78, 5) is 34.0. The summed E-state index contributed by atoms with van der Waals surface area (Å²) in [5.74, 6) is 0.243. The molecule has 11 heteroatoms. The van der Waals surface area contributed by atoms with Gasteiger partial charge in [-0.25, -0.2) is 0 Å². The summed E-state index contributed by atoms with van der Waals surface area (Å²) in [5, 5.41) is 0. The fourth-order valence-electron chi connectivity index (χ4n) is 5.78. The van der Waals surface area contributed by atoms with E-state index in [0.29, 0.717) is 34.6 Å². The summed E-state index contributed by atoms with van der Waals surface area (Å²) in [6.45, 7) is 6.32. The van der Waals surface area contributed by atoms with Gasteiger partial charge in [-0.15, -0.1) is 0 Å². The molecule has 1 fully saturated rings. The quantitative estimate of drug-likeness (QED) is 0.203. The van der Waals surface area contributed by atoms with E-state index in [1.165, 1.54) is 25.2 Å². The topological polar surface area (TPSA) is 106 Å². The molecule has 2 aromatic rings. The molecule has 0 bridgehead atoms. The maximum Gasteiger partial charge on any atom is 0.293 e. The Morgan fingerprint density at radius 1 is 0.952 bits per heavy atom. The number of piperazine rings is 1. The highest BCUT2D eigenvalue weighted by Crippen LogP contribution is 2.40. The molecule has 3 aliphatic rings. The molecule has 1 atom stereocenters. The minimum absolute atomic E-state index is 0.0837. The number of nitrogens with zero attached hydrogens (tertiary/aromatic N) is 3. The molecule has 5 rings (SSSR count). The number of rotatable bonds is 12. The van der Waals surface area contributed by atoms with Crippen LogP contribution in [0, 0.1) is 0 Å². The number of amides is 2. The molecule has 1 aliphatic carbocycles. The van der Waals surface area contributed by atoms with Gasteiger partial charge in [0.25, 0.3) is 21.9 Å². The summed E-state index contributed by atoms with van der Waals surface area (Å²) in [5.41, 5.74) is 2.23. The number of benzene rings is 2. The normalized spacial score (nSPS) is 17.9. The monoisotopic (exact) mass is 595 g/mol. The van der Waals surface area contributed by atoms with Crippen molar-refractivity contribution in [2.24, 2.45) is 0 Å². The molecule has 0 aromatic heterocycles. The first-order chi connectivity index (χ1) is 20.3. The van der Waals surface area contributed by atoms with Crippen LogP contribution in [0.25, 0.3) is 0 Å². The van der Waals surface area contributed by atoms with Crippen molar-refractivity contribution in [3.05, 3.63) is 76.2 Å². The Hall–Kier alpha value is -3.67. The Morgan fingerprint density at radius 3 is 2.38 bits per heavy atom. The molecule has 2 heterocycles. The van der Waals surface area contributed by atoms with E-state index < -0.39 is 16.2 Å². The predicted octanol–water partition coefficient (Wildman–Crippen LogP) is 4.15. The summed E-state index contributed by atoms with van der Waals surface area (Å²) >= 11 is 0. The number of fused-ring (bicyclic) bond motifs is 1. The fourth-order valence-corrected chi connectivity index (χ4v) is 6.81. The van der Waals surface area contributed by atoms with Gasteiger partial charge >= 0.3 is 0 Å². The van der Waals surface area contributed by atoms with E-state index in [0.717, 1.165) is 38.4 Å². The largest absolute Gasteiger partial charge is 0.493 e. The number of carbonyl (C=O) groups is 2. The average Bonchev–Trinajstić information content (AvgIpc) is 3.65. The summed E-state index contributed by atoms with van der Waals surface area (Å²) in [6, 6.07) is 10.0. The smallest absolute Gasteiger partial charge is 0.293 e. The van der Waals surface area contributed by atoms with Gasteiger partial charge < -0.3 is 19.3 Å². The molecular formula is C31H37N3O7S. The highest BCUT2D eigenvalue weighted by Gasteiger charge is 2.43. The molecule has 2 aliphatic heterocycles. The molecule has 0 radical (unpaired) electrons. The number of carbonyl (C=O) groups excluding carboxylic acids is 2. The van der Waals surface area contributed by atoms with Crippen LogP contribution in [-0.2, 0) is 14.3 Å². The van der Waals surface area contributed by atoms with Crippen LogP contribution in [0.1, 0.15) is 58.5 Å². The third kappa shape index (κ3) is 5.81. The first-order valence-corrected chi connectivity index (χ1v) is 15.6. The fraction of sp³-hybridized carbons (Fsp3) is 0.419. The molecule has 42 heavy (non-hydrogen) atoms. The molecular weight excluding hydrogens is 558 g/mol. The van der Waals surface area contributed by atoms with Gasteiger partial charge in [0.15, 0.2) is 11.5 Å². The second kappa shape index (κ2) is 12.7. The molecule has 0 spiro atoms. The van der Waals surface area contributed by atoms with Crippen molar-refractivity contribution < 1.29 is 31.7 Å². The van der Waals surface area contributed by atoms with Crippen molar-refractivity contribution in [2.45, 2.75) is 32.2 Å². The molecule has 2 aromatic carbocycles. The number of ether oxygens (including phenoxy) is 2. The molecule has 0 N–H and O–H groups in total. The number of hydrogen-bond donors (Lipinski definition) is 0. The van der Waals surface area contributed by atoms with Gasteiger partial charge in [-0.2, -0.15) is 8.42 Å². The van der Waals surface area contributed by atoms with Crippen molar-refractivity contribution in [3.8, 4) is 11.5 Å². The SMILES string of the molecule is CCN1CCN(c2cccc3c2C(=O)N([C@H](CCCOS(=O)(=O)C2=CC=CC2)c2ccc(OC)c(OC)c2)C3=O)CC1. The van der Waals surface area contributed by atoms with Crippen LogP contribution in [0.4, 0.5) is 5.69 Å². The summed E-state index contributed by atoms with van der Waals surface area (Å²) in [7, 11) is -0.787.